The van der Waals surface area contributed by atoms with Crippen molar-refractivity contribution in [1.29, 1.82) is 0 Å². The Morgan fingerprint density at radius 2 is 1.87 bits per heavy atom. The van der Waals surface area contributed by atoms with Crippen molar-refractivity contribution in [2.45, 2.75) is 32.4 Å². The summed E-state index contributed by atoms with van der Waals surface area (Å²) < 4.78 is 12.9. The van der Waals surface area contributed by atoms with E-state index in [9.17, 15) is 14.7 Å². The van der Waals surface area contributed by atoms with Crippen LogP contribution in [0, 0.1) is 6.92 Å². The molecule has 1 fully saturated rings. The van der Waals surface area contributed by atoms with E-state index in [-0.39, 0.29) is 11.9 Å². The number of aromatic nitrogens is 4. The molecule has 0 saturated carbocycles. The molecule has 0 radical (unpaired) electrons. The van der Waals surface area contributed by atoms with Gasteiger partial charge in [0.1, 0.15) is 28.8 Å². The fraction of sp³-hybridized carbons (Fsp3) is 0.265. The van der Waals surface area contributed by atoms with Crippen LogP contribution in [0.2, 0.25) is 0 Å². The quantitative estimate of drug-likeness (QED) is 0.181. The molecule has 2 amide bonds. The number of carboxylic acid groups (broad SMARTS) is 1. The van der Waals surface area contributed by atoms with Gasteiger partial charge in [0.25, 0.3) is 5.91 Å². The summed E-state index contributed by atoms with van der Waals surface area (Å²) >= 11 is 0. The Morgan fingerprint density at radius 1 is 1.04 bits per heavy atom. The monoisotopic (exact) mass is 621 g/mol. The number of carbonyl (C=O) groups is 2. The molecule has 0 bridgehead atoms. The molecule has 1 unspecified atom stereocenters. The van der Waals surface area contributed by atoms with E-state index < -0.39 is 6.09 Å². The zero-order valence-electron chi connectivity index (χ0n) is 25.9. The number of nitrogens with one attached hydrogen (secondary N) is 2. The first-order valence-electron chi connectivity index (χ1n) is 15.0. The van der Waals surface area contributed by atoms with Crippen LogP contribution >= 0.6 is 0 Å². The van der Waals surface area contributed by atoms with E-state index in [0.29, 0.717) is 54.0 Å². The molecule has 12 heteroatoms. The van der Waals surface area contributed by atoms with Gasteiger partial charge < -0.3 is 30.1 Å². The van der Waals surface area contributed by atoms with Crippen molar-refractivity contribution in [2.75, 3.05) is 37.9 Å². The molecule has 0 spiro atoms. The zero-order valence-corrected chi connectivity index (χ0v) is 25.9. The second-order valence-corrected chi connectivity index (χ2v) is 11.1. The summed E-state index contributed by atoms with van der Waals surface area (Å²) in [5, 5.41) is 22.0. The summed E-state index contributed by atoms with van der Waals surface area (Å²) in [4.78, 5) is 35.2. The first kappa shape index (κ1) is 30.4. The molecule has 236 valence electrons. The smallest absolute Gasteiger partial charge is 0.407 e. The van der Waals surface area contributed by atoms with Crippen molar-refractivity contribution >= 4 is 34.5 Å². The maximum Gasteiger partial charge on any atom is 0.407 e. The molecule has 5 aromatic rings. The van der Waals surface area contributed by atoms with Gasteiger partial charge in [-0.25, -0.2) is 14.8 Å². The first-order valence-corrected chi connectivity index (χ1v) is 15.0. The number of rotatable bonds is 9. The highest BCUT2D eigenvalue weighted by Crippen LogP contribution is 2.38. The molecule has 6 rings (SSSR count). The number of hydrogen-bond acceptors (Lipinski definition) is 8. The predicted octanol–water partition coefficient (Wildman–Crippen LogP) is 6.00. The number of piperidine rings is 1. The van der Waals surface area contributed by atoms with Gasteiger partial charge in [-0.1, -0.05) is 18.2 Å². The second-order valence-electron chi connectivity index (χ2n) is 11.1. The number of fused-ring (bicyclic) bond motifs is 1. The third kappa shape index (κ3) is 6.14. The number of methoxy groups -OCH3 is 2. The highest BCUT2D eigenvalue weighted by Gasteiger charge is 2.29. The number of carbonyl (C=O) groups excluding carboxylic acids is 1. The second kappa shape index (κ2) is 13.1. The van der Waals surface area contributed by atoms with E-state index in [0.717, 1.165) is 40.4 Å². The predicted molar refractivity (Wildman–Crippen MR) is 175 cm³/mol. The average molecular weight is 622 g/mol. The molecule has 4 heterocycles. The maximum atomic E-state index is 12.9. The molecule has 1 saturated heterocycles. The minimum absolute atomic E-state index is 0.153. The van der Waals surface area contributed by atoms with Gasteiger partial charge in [-0.3, -0.25) is 9.48 Å². The van der Waals surface area contributed by atoms with E-state index in [2.05, 4.69) is 15.6 Å². The third-order valence-corrected chi connectivity index (χ3v) is 8.19. The third-order valence-electron chi connectivity index (χ3n) is 8.19. The Balaban J connectivity index is 1.40. The molecule has 2 aromatic carbocycles. The summed E-state index contributed by atoms with van der Waals surface area (Å²) in [5.41, 5.74) is 4.66. The molecule has 3 N–H and O–H groups in total. The summed E-state index contributed by atoms with van der Waals surface area (Å²) in [6.45, 7) is 3.24. The van der Waals surface area contributed by atoms with Crippen LogP contribution in [-0.2, 0) is 6.54 Å². The molecule has 46 heavy (non-hydrogen) atoms. The fourth-order valence-electron chi connectivity index (χ4n) is 5.83. The molecule has 0 aliphatic carbocycles. The SMILES string of the molecule is COc1ccc(CNc2ncc(C)c3c2c(-c2ccc(C(=O)Nc4ccccn4)cc2)nn3C2CCCN(C(=O)O)C2)c(OC)c1. The summed E-state index contributed by atoms with van der Waals surface area (Å²) in [7, 11) is 3.23. The largest absolute Gasteiger partial charge is 0.497 e. The lowest BCUT2D eigenvalue weighted by Gasteiger charge is -2.31. The topological polar surface area (TPSA) is 144 Å². The van der Waals surface area contributed by atoms with Crippen LogP contribution in [0.15, 0.2) is 73.1 Å². The van der Waals surface area contributed by atoms with Crippen LogP contribution in [0.5, 0.6) is 11.5 Å². The van der Waals surface area contributed by atoms with E-state index in [1.165, 1.54) is 4.90 Å². The number of likely N-dealkylation sites (tertiary alicyclic amines) is 1. The minimum Gasteiger partial charge on any atom is -0.497 e. The van der Waals surface area contributed by atoms with Crippen LogP contribution in [0.3, 0.4) is 0 Å². The normalized spacial score (nSPS) is 14.6. The minimum atomic E-state index is -0.935. The van der Waals surface area contributed by atoms with Gasteiger partial charge in [0.15, 0.2) is 0 Å². The summed E-state index contributed by atoms with van der Waals surface area (Å²) in [5.74, 6) is 2.20. The number of nitrogens with zero attached hydrogens (tertiary/aromatic N) is 5. The lowest BCUT2D eigenvalue weighted by Crippen LogP contribution is -2.40. The number of hydrogen-bond donors (Lipinski definition) is 3. The van der Waals surface area contributed by atoms with Crippen molar-refractivity contribution in [3.05, 3.63) is 89.7 Å². The number of anilines is 2. The highest BCUT2D eigenvalue weighted by molar-refractivity contribution is 6.05. The van der Waals surface area contributed by atoms with Gasteiger partial charge in [0.05, 0.1) is 31.2 Å². The van der Waals surface area contributed by atoms with E-state index in [1.54, 1.807) is 50.9 Å². The number of amides is 2. The number of pyridine rings is 2. The molecule has 1 aliphatic rings. The summed E-state index contributed by atoms with van der Waals surface area (Å²) in [6, 6.07) is 18.1. The molecule has 3 aromatic heterocycles. The number of aryl methyl sites for hydroxylation is 1. The van der Waals surface area contributed by atoms with Crippen molar-refractivity contribution in [3.63, 3.8) is 0 Å². The zero-order chi connectivity index (χ0) is 32.2. The molecule has 1 aliphatic heterocycles. The Bertz CT molecular complexity index is 1880. The van der Waals surface area contributed by atoms with Crippen LogP contribution in [0.1, 0.15) is 40.4 Å². The highest BCUT2D eigenvalue weighted by atomic mass is 16.5. The van der Waals surface area contributed by atoms with Gasteiger partial charge in [0.2, 0.25) is 0 Å². The van der Waals surface area contributed by atoms with Gasteiger partial charge in [-0.15, -0.1) is 0 Å². The van der Waals surface area contributed by atoms with Gasteiger partial charge >= 0.3 is 6.09 Å². The van der Waals surface area contributed by atoms with E-state index >= 15 is 0 Å². The Hall–Kier alpha value is -5.65. The van der Waals surface area contributed by atoms with Crippen molar-refractivity contribution < 1.29 is 24.2 Å². The van der Waals surface area contributed by atoms with Crippen LogP contribution in [0.4, 0.5) is 16.4 Å². The van der Waals surface area contributed by atoms with Gasteiger partial charge in [0, 0.05) is 54.8 Å². The van der Waals surface area contributed by atoms with Gasteiger partial charge in [-0.05, 0) is 61.7 Å². The van der Waals surface area contributed by atoms with Crippen LogP contribution in [0.25, 0.3) is 22.2 Å². The standard InChI is InChI=1S/C34H35N7O5/c1-21-18-36-32(37-19-24-13-14-26(45-2)17-27(24)46-3)29-30(39-41(31(21)29)25-7-6-16-40(20-25)34(43)44)22-9-11-23(12-10-22)33(42)38-28-8-4-5-15-35-28/h4-5,8-15,17-18,25H,6-7,16,19-20H2,1-3H3,(H,36,37)(H,43,44)(H,35,38,42). The molecular weight excluding hydrogens is 586 g/mol. The summed E-state index contributed by atoms with van der Waals surface area (Å²) in [6.07, 6.45) is 4.02. The maximum absolute atomic E-state index is 12.9. The molecular formula is C34H35N7O5. The van der Waals surface area contributed by atoms with Crippen LogP contribution < -0.4 is 20.1 Å². The van der Waals surface area contributed by atoms with E-state index in [1.807, 2.05) is 48.0 Å². The Morgan fingerprint density at radius 3 is 2.59 bits per heavy atom. The number of benzene rings is 2. The van der Waals surface area contributed by atoms with Crippen molar-refractivity contribution in [2.24, 2.45) is 0 Å². The first-order chi connectivity index (χ1) is 22.4. The number of ether oxygens (including phenoxy) is 2. The lowest BCUT2D eigenvalue weighted by atomic mass is 10.0. The van der Waals surface area contributed by atoms with Crippen LogP contribution in [-0.4, -0.2) is 69.1 Å². The molecule has 1 atom stereocenters. The van der Waals surface area contributed by atoms with Crippen molar-refractivity contribution in [3.8, 4) is 22.8 Å². The fourth-order valence-corrected chi connectivity index (χ4v) is 5.83. The van der Waals surface area contributed by atoms with E-state index in [4.69, 9.17) is 19.6 Å². The Labute approximate surface area is 266 Å². The lowest BCUT2D eigenvalue weighted by molar-refractivity contribution is 0.102. The average Bonchev–Trinajstić information content (AvgIpc) is 3.50. The van der Waals surface area contributed by atoms with Crippen molar-refractivity contribution in [1.82, 2.24) is 24.6 Å². The Kier molecular flexibility index (Phi) is 8.68. The molecule has 12 nitrogen and oxygen atoms in total. The van der Waals surface area contributed by atoms with Gasteiger partial charge in [-0.2, -0.15) is 5.10 Å².